The average Bonchev–Trinajstić information content (AvgIpc) is 3.24. The van der Waals surface area contributed by atoms with Crippen molar-refractivity contribution in [1.82, 2.24) is 24.5 Å². The lowest BCUT2D eigenvalue weighted by Gasteiger charge is -2.10. The molecule has 1 N–H and O–H groups in total. The molecule has 0 aliphatic carbocycles. The minimum Gasteiger partial charge on any atom is -0.497 e. The van der Waals surface area contributed by atoms with Crippen molar-refractivity contribution >= 4 is 31.6 Å². The van der Waals surface area contributed by atoms with Gasteiger partial charge in [0.05, 0.1) is 24.7 Å². The number of ether oxygens (including phenoxy) is 3. The number of sulfonamides is 1. The second-order valence-corrected chi connectivity index (χ2v) is 9.41. The topological polar surface area (TPSA) is 117 Å². The lowest BCUT2D eigenvalue weighted by atomic mass is 10.2. The molecule has 0 unspecified atom stereocenters. The summed E-state index contributed by atoms with van der Waals surface area (Å²) in [6, 6.07) is 15.1. The Morgan fingerprint density at radius 1 is 1.00 bits per heavy atom. The van der Waals surface area contributed by atoms with Crippen molar-refractivity contribution in [2.24, 2.45) is 0 Å². The van der Waals surface area contributed by atoms with Gasteiger partial charge in [0.2, 0.25) is 15.9 Å². The molecular formula is C21H20BrN5O5S. The molecule has 172 valence electrons. The second kappa shape index (κ2) is 9.73. The third-order valence-corrected chi connectivity index (χ3v) is 6.66. The molecule has 10 nitrogen and oxygen atoms in total. The Balaban J connectivity index is 1.47. The molecule has 2 aromatic carbocycles. The fourth-order valence-electron chi connectivity index (χ4n) is 3.03. The predicted molar refractivity (Wildman–Crippen MR) is 124 cm³/mol. The highest BCUT2D eigenvalue weighted by atomic mass is 79.9. The number of nitrogens with one attached hydrogen (secondary N) is 1. The van der Waals surface area contributed by atoms with Gasteiger partial charge in [-0.15, -0.1) is 15.3 Å². The van der Waals surface area contributed by atoms with Gasteiger partial charge in [-0.05, 0) is 42.5 Å². The predicted octanol–water partition coefficient (Wildman–Crippen LogP) is 2.93. The van der Waals surface area contributed by atoms with Crippen LogP contribution in [0.1, 0.15) is 0 Å². The van der Waals surface area contributed by atoms with E-state index in [1.165, 1.54) is 16.6 Å². The van der Waals surface area contributed by atoms with Crippen LogP contribution in [0.3, 0.4) is 0 Å². The zero-order valence-corrected chi connectivity index (χ0v) is 20.1. The number of nitrogens with zero attached hydrogens (tertiary/aromatic N) is 4. The molecule has 0 radical (unpaired) electrons. The Morgan fingerprint density at radius 3 is 2.52 bits per heavy atom. The maximum atomic E-state index is 12.4. The van der Waals surface area contributed by atoms with Gasteiger partial charge < -0.3 is 14.2 Å². The molecule has 2 aromatic heterocycles. The lowest BCUT2D eigenvalue weighted by Crippen LogP contribution is -2.28. The molecule has 2 heterocycles. The van der Waals surface area contributed by atoms with E-state index in [1.54, 1.807) is 56.7 Å². The number of aromatic nitrogens is 4. The summed E-state index contributed by atoms with van der Waals surface area (Å²) in [6.07, 6.45) is 0. The molecule has 0 aliphatic heterocycles. The van der Waals surface area contributed by atoms with E-state index in [2.05, 4.69) is 35.9 Å². The van der Waals surface area contributed by atoms with E-state index in [9.17, 15) is 8.42 Å². The largest absolute Gasteiger partial charge is 0.497 e. The quantitative estimate of drug-likeness (QED) is 0.326. The van der Waals surface area contributed by atoms with Crippen LogP contribution in [0.2, 0.25) is 0 Å². The number of hydrogen-bond donors (Lipinski definition) is 1. The number of halogens is 1. The van der Waals surface area contributed by atoms with Crippen LogP contribution >= 0.6 is 15.9 Å². The summed E-state index contributed by atoms with van der Waals surface area (Å²) in [6.45, 7) is 0.150. The zero-order valence-electron chi connectivity index (χ0n) is 17.7. The van der Waals surface area contributed by atoms with Crippen LogP contribution in [-0.2, 0) is 10.0 Å². The standard InChI is InChI=1S/C21H20BrN5O5S/c1-30-15-5-8-17(18(13-15)31-2)21-25-24-19-9-10-20(26-27(19)21)32-12-11-23-33(28,29)16-6-3-14(22)4-7-16/h3-10,13,23H,11-12H2,1-2H3. The average molecular weight is 534 g/mol. The van der Waals surface area contributed by atoms with Crippen molar-refractivity contribution in [2.45, 2.75) is 4.90 Å². The van der Waals surface area contributed by atoms with Gasteiger partial charge in [0.1, 0.15) is 18.1 Å². The molecule has 0 fully saturated rings. The first-order chi connectivity index (χ1) is 15.9. The van der Waals surface area contributed by atoms with Crippen LogP contribution in [0.5, 0.6) is 17.4 Å². The maximum Gasteiger partial charge on any atom is 0.240 e. The zero-order chi connectivity index (χ0) is 23.4. The summed E-state index contributed by atoms with van der Waals surface area (Å²) in [5, 5.41) is 12.8. The minimum absolute atomic E-state index is 0.0689. The molecule has 4 aromatic rings. The van der Waals surface area contributed by atoms with Gasteiger partial charge in [0.25, 0.3) is 0 Å². The molecule has 0 saturated carbocycles. The summed E-state index contributed by atoms with van der Waals surface area (Å²) >= 11 is 3.28. The van der Waals surface area contributed by atoms with Gasteiger partial charge >= 0.3 is 0 Å². The Hall–Kier alpha value is -3.22. The molecule has 0 aliphatic rings. The molecule has 0 atom stereocenters. The fourth-order valence-corrected chi connectivity index (χ4v) is 4.31. The van der Waals surface area contributed by atoms with E-state index < -0.39 is 10.0 Å². The monoisotopic (exact) mass is 533 g/mol. The van der Waals surface area contributed by atoms with E-state index in [0.29, 0.717) is 34.4 Å². The summed E-state index contributed by atoms with van der Waals surface area (Å²) < 4.78 is 45.9. The SMILES string of the molecule is COc1ccc(-c2nnc3ccc(OCCNS(=O)(=O)c4ccc(Br)cc4)nn23)c(OC)c1. The Labute approximate surface area is 198 Å². The van der Waals surface area contributed by atoms with Crippen LogP contribution in [0, 0.1) is 0 Å². The lowest BCUT2D eigenvalue weighted by molar-refractivity contribution is 0.306. The van der Waals surface area contributed by atoms with Crippen LogP contribution in [0.15, 0.2) is 64.0 Å². The van der Waals surface area contributed by atoms with Crippen LogP contribution < -0.4 is 18.9 Å². The Kier molecular flexibility index (Phi) is 6.77. The fraction of sp³-hybridized carbons (Fsp3) is 0.190. The van der Waals surface area contributed by atoms with E-state index in [4.69, 9.17) is 14.2 Å². The van der Waals surface area contributed by atoms with Crippen molar-refractivity contribution in [3.05, 3.63) is 59.1 Å². The van der Waals surface area contributed by atoms with Gasteiger partial charge in [-0.1, -0.05) is 15.9 Å². The molecule has 4 rings (SSSR count). The number of hydrogen-bond acceptors (Lipinski definition) is 8. The smallest absolute Gasteiger partial charge is 0.240 e. The second-order valence-electron chi connectivity index (χ2n) is 6.73. The highest BCUT2D eigenvalue weighted by Crippen LogP contribution is 2.32. The van der Waals surface area contributed by atoms with E-state index in [0.717, 1.165) is 4.47 Å². The Bertz CT molecular complexity index is 1380. The minimum atomic E-state index is -3.63. The molecule has 0 spiro atoms. The van der Waals surface area contributed by atoms with Crippen molar-refractivity contribution in [3.63, 3.8) is 0 Å². The first-order valence-electron chi connectivity index (χ1n) is 9.74. The van der Waals surface area contributed by atoms with E-state index in [-0.39, 0.29) is 18.0 Å². The number of benzene rings is 2. The van der Waals surface area contributed by atoms with Gasteiger partial charge in [-0.3, -0.25) is 0 Å². The van der Waals surface area contributed by atoms with E-state index >= 15 is 0 Å². The molecule has 12 heteroatoms. The summed E-state index contributed by atoms with van der Waals surface area (Å²) in [4.78, 5) is 0.174. The van der Waals surface area contributed by atoms with Crippen molar-refractivity contribution < 1.29 is 22.6 Å². The maximum absolute atomic E-state index is 12.4. The van der Waals surface area contributed by atoms with Gasteiger partial charge in [0, 0.05) is 23.2 Å². The van der Waals surface area contributed by atoms with Crippen molar-refractivity contribution in [1.29, 1.82) is 0 Å². The van der Waals surface area contributed by atoms with Crippen molar-refractivity contribution in [3.8, 4) is 28.8 Å². The Morgan fingerprint density at radius 2 is 1.79 bits per heavy atom. The third kappa shape index (κ3) is 5.07. The molecule has 0 amide bonds. The highest BCUT2D eigenvalue weighted by Gasteiger charge is 2.16. The summed E-state index contributed by atoms with van der Waals surface area (Å²) in [5.41, 5.74) is 1.20. The first-order valence-corrected chi connectivity index (χ1v) is 12.0. The van der Waals surface area contributed by atoms with Crippen molar-refractivity contribution in [2.75, 3.05) is 27.4 Å². The molecular weight excluding hydrogens is 514 g/mol. The summed E-state index contributed by atoms with van der Waals surface area (Å²) in [7, 11) is -0.505. The van der Waals surface area contributed by atoms with Gasteiger partial charge in [-0.25, -0.2) is 13.1 Å². The molecule has 0 bridgehead atoms. The van der Waals surface area contributed by atoms with Crippen LogP contribution in [-0.4, -0.2) is 55.6 Å². The number of methoxy groups -OCH3 is 2. The highest BCUT2D eigenvalue weighted by molar-refractivity contribution is 9.10. The summed E-state index contributed by atoms with van der Waals surface area (Å²) in [5.74, 6) is 1.95. The molecule has 33 heavy (non-hydrogen) atoms. The van der Waals surface area contributed by atoms with Crippen LogP contribution in [0.25, 0.3) is 17.0 Å². The first kappa shape index (κ1) is 23.0. The van der Waals surface area contributed by atoms with Gasteiger partial charge in [0.15, 0.2) is 11.5 Å². The number of fused-ring (bicyclic) bond motifs is 1. The molecule has 0 saturated heterocycles. The number of rotatable bonds is 9. The normalized spacial score (nSPS) is 11.5. The van der Waals surface area contributed by atoms with Crippen LogP contribution in [0.4, 0.5) is 0 Å². The van der Waals surface area contributed by atoms with E-state index in [1.807, 2.05) is 0 Å². The van der Waals surface area contributed by atoms with Gasteiger partial charge in [-0.2, -0.15) is 4.52 Å². The third-order valence-electron chi connectivity index (χ3n) is 4.66.